The third kappa shape index (κ3) is 3.15. The minimum atomic E-state index is -2.08. The quantitative estimate of drug-likeness (QED) is 0.384. The number of hydrogen-bond donors (Lipinski definition) is 5. The number of anilines is 1. The molecule has 0 saturated heterocycles. The summed E-state index contributed by atoms with van der Waals surface area (Å²) < 4.78 is 0.476. The summed E-state index contributed by atoms with van der Waals surface area (Å²) in [5.41, 5.74) is 4.69. The molecule has 1 aromatic rings. The molecule has 0 aliphatic carbocycles. The van der Waals surface area contributed by atoms with Gasteiger partial charge in [-0.15, -0.1) is 0 Å². The van der Waals surface area contributed by atoms with Crippen molar-refractivity contribution in [2.75, 3.05) is 12.3 Å². The number of aliphatic hydroxyl groups is 4. The zero-order valence-corrected chi connectivity index (χ0v) is 10.1. The average Bonchev–Trinajstić information content (AvgIpc) is 2.39. The van der Waals surface area contributed by atoms with E-state index in [1.54, 1.807) is 0 Å². The molecule has 0 fully saturated rings. The van der Waals surface area contributed by atoms with Gasteiger partial charge in [0.25, 0.3) is 5.91 Å². The Morgan fingerprint density at radius 2 is 2.05 bits per heavy atom. The number of nitrogens with two attached hydrogens (primary N) is 1. The molecule has 106 valence electrons. The first-order valence-corrected chi connectivity index (χ1v) is 5.34. The van der Waals surface area contributed by atoms with Crippen molar-refractivity contribution in [2.45, 2.75) is 25.2 Å². The Kier molecular flexibility index (Phi) is 4.72. The number of aliphatic hydroxyl groups excluding tert-OH is 4. The summed E-state index contributed by atoms with van der Waals surface area (Å²) in [6.45, 7) is 0.649. The largest absolute Gasteiger partial charge is 0.394 e. The molecule has 0 aliphatic rings. The second-order valence-electron chi connectivity index (χ2n) is 3.99. The Morgan fingerprint density at radius 3 is 2.58 bits per heavy atom. The Morgan fingerprint density at radius 1 is 1.47 bits per heavy atom. The van der Waals surface area contributed by atoms with Crippen molar-refractivity contribution in [3.8, 4) is 0 Å². The van der Waals surface area contributed by atoms with Crippen molar-refractivity contribution in [3.05, 3.63) is 22.2 Å². The molecule has 1 rings (SSSR count). The normalized spacial score (nSPS) is 15.8. The molecular formula is C10H15N3O6. The van der Waals surface area contributed by atoms with E-state index in [9.17, 15) is 19.8 Å². The molecule has 6 N–H and O–H groups in total. The molecule has 9 heteroatoms. The lowest BCUT2D eigenvalue weighted by atomic mass is 10.1. The highest BCUT2D eigenvalue weighted by atomic mass is 16.4. The van der Waals surface area contributed by atoms with Gasteiger partial charge in [0, 0.05) is 11.8 Å². The lowest BCUT2D eigenvalue weighted by Gasteiger charge is -2.20. The SMILES string of the molecule is Cc1cn(C(=O)[C@H](O)[C@@H](O)[C@@H](O)CO)c(=O)nc1N. The van der Waals surface area contributed by atoms with E-state index in [-0.39, 0.29) is 5.82 Å². The third-order valence-corrected chi connectivity index (χ3v) is 2.54. The van der Waals surface area contributed by atoms with Gasteiger partial charge in [-0.25, -0.2) is 9.36 Å². The summed E-state index contributed by atoms with van der Waals surface area (Å²) in [6.07, 6.45) is -4.65. The van der Waals surface area contributed by atoms with Crippen molar-refractivity contribution in [2.24, 2.45) is 0 Å². The van der Waals surface area contributed by atoms with Gasteiger partial charge in [-0.3, -0.25) is 4.79 Å². The Labute approximate surface area is 107 Å². The maximum atomic E-state index is 11.8. The maximum absolute atomic E-state index is 11.8. The van der Waals surface area contributed by atoms with E-state index in [1.807, 2.05) is 0 Å². The first-order chi connectivity index (χ1) is 8.79. The number of carbonyl (C=O) groups is 1. The minimum Gasteiger partial charge on any atom is -0.394 e. The third-order valence-electron chi connectivity index (χ3n) is 2.54. The predicted molar refractivity (Wildman–Crippen MR) is 63.4 cm³/mol. The first-order valence-electron chi connectivity index (χ1n) is 5.34. The summed E-state index contributed by atoms with van der Waals surface area (Å²) in [7, 11) is 0. The molecule has 1 heterocycles. The van der Waals surface area contributed by atoms with Gasteiger partial charge >= 0.3 is 5.69 Å². The maximum Gasteiger partial charge on any atom is 0.356 e. The topological polar surface area (TPSA) is 159 Å². The summed E-state index contributed by atoms with van der Waals surface area (Å²) in [6, 6.07) is 0. The lowest BCUT2D eigenvalue weighted by molar-refractivity contribution is -0.0669. The number of hydrogen-bond acceptors (Lipinski definition) is 8. The van der Waals surface area contributed by atoms with Crippen LogP contribution in [0.4, 0.5) is 5.82 Å². The fourth-order valence-electron chi connectivity index (χ4n) is 1.32. The molecule has 0 saturated carbocycles. The van der Waals surface area contributed by atoms with Crippen LogP contribution in [0.2, 0.25) is 0 Å². The van der Waals surface area contributed by atoms with Crippen LogP contribution < -0.4 is 11.4 Å². The monoisotopic (exact) mass is 273 g/mol. The predicted octanol–water partition coefficient (Wildman–Crippen LogP) is -3.15. The van der Waals surface area contributed by atoms with Crippen molar-refractivity contribution in [3.63, 3.8) is 0 Å². The summed E-state index contributed by atoms with van der Waals surface area (Å²) in [5, 5.41) is 36.7. The van der Waals surface area contributed by atoms with Crippen molar-refractivity contribution in [1.29, 1.82) is 0 Å². The highest BCUT2D eigenvalue weighted by Crippen LogP contribution is 2.05. The van der Waals surface area contributed by atoms with Crippen molar-refractivity contribution >= 4 is 11.7 Å². The Balaban J connectivity index is 3.07. The van der Waals surface area contributed by atoms with Gasteiger partial charge < -0.3 is 26.2 Å². The molecule has 9 nitrogen and oxygen atoms in total. The highest BCUT2D eigenvalue weighted by Gasteiger charge is 2.31. The zero-order valence-electron chi connectivity index (χ0n) is 10.1. The molecule has 0 aromatic carbocycles. The molecule has 19 heavy (non-hydrogen) atoms. The van der Waals surface area contributed by atoms with Crippen LogP contribution in [0.25, 0.3) is 0 Å². The minimum absolute atomic E-state index is 0.0560. The van der Waals surface area contributed by atoms with E-state index in [1.165, 1.54) is 6.92 Å². The molecule has 0 aliphatic heterocycles. The van der Waals surface area contributed by atoms with Crippen molar-refractivity contribution < 1.29 is 25.2 Å². The average molecular weight is 273 g/mol. The van der Waals surface area contributed by atoms with Crippen LogP contribution in [0, 0.1) is 6.92 Å². The smallest absolute Gasteiger partial charge is 0.356 e. The van der Waals surface area contributed by atoms with E-state index in [4.69, 9.17) is 15.9 Å². The number of aryl methyl sites for hydroxylation is 1. The molecule has 0 amide bonds. The second kappa shape index (κ2) is 5.89. The standard InChI is InChI=1S/C10H15N3O6/c1-4-2-13(10(19)12-8(4)11)9(18)7(17)6(16)5(15)3-14/h2,5-7,14-17H,3H2,1H3,(H2,11,12,19)/t5-,6-,7+/m0/s1. The summed E-state index contributed by atoms with van der Waals surface area (Å²) in [5.74, 6) is -1.24. The number of aromatic nitrogens is 2. The number of nitrogens with zero attached hydrogens (tertiary/aromatic N) is 2. The van der Waals surface area contributed by atoms with Gasteiger partial charge in [0.1, 0.15) is 18.0 Å². The fourth-order valence-corrected chi connectivity index (χ4v) is 1.32. The number of nitrogen functional groups attached to an aromatic ring is 1. The van der Waals surface area contributed by atoms with Gasteiger partial charge in [0.15, 0.2) is 6.10 Å². The van der Waals surface area contributed by atoms with Gasteiger partial charge in [0.05, 0.1) is 6.61 Å². The Bertz CT molecular complexity index is 528. The van der Waals surface area contributed by atoms with Crippen molar-refractivity contribution in [1.82, 2.24) is 9.55 Å². The van der Waals surface area contributed by atoms with Crippen LogP contribution >= 0.6 is 0 Å². The van der Waals surface area contributed by atoms with E-state index in [0.717, 1.165) is 6.20 Å². The van der Waals surface area contributed by atoms with E-state index in [2.05, 4.69) is 4.98 Å². The summed E-state index contributed by atoms with van der Waals surface area (Å²) in [4.78, 5) is 26.6. The highest BCUT2D eigenvalue weighted by molar-refractivity contribution is 5.83. The summed E-state index contributed by atoms with van der Waals surface area (Å²) >= 11 is 0. The molecule has 3 atom stereocenters. The van der Waals surface area contributed by atoms with E-state index in [0.29, 0.717) is 10.1 Å². The lowest BCUT2D eigenvalue weighted by Crippen LogP contribution is -2.48. The number of rotatable bonds is 4. The van der Waals surface area contributed by atoms with E-state index >= 15 is 0 Å². The molecule has 0 bridgehead atoms. The van der Waals surface area contributed by atoms with E-state index < -0.39 is 36.5 Å². The first kappa shape index (κ1) is 15.2. The molecule has 0 radical (unpaired) electrons. The van der Waals surface area contributed by atoms with Crippen LogP contribution in [0.3, 0.4) is 0 Å². The number of carbonyl (C=O) groups excluding carboxylic acids is 1. The molecule has 0 unspecified atom stereocenters. The van der Waals surface area contributed by atoms with Crippen LogP contribution in [0.1, 0.15) is 10.4 Å². The zero-order chi connectivity index (χ0) is 14.7. The molecule has 1 aromatic heterocycles. The molecule has 0 spiro atoms. The van der Waals surface area contributed by atoms with Gasteiger partial charge in [-0.1, -0.05) is 0 Å². The van der Waals surface area contributed by atoms with Crippen LogP contribution in [-0.2, 0) is 0 Å². The van der Waals surface area contributed by atoms with Crippen LogP contribution in [0.5, 0.6) is 0 Å². The van der Waals surface area contributed by atoms with Gasteiger partial charge in [0.2, 0.25) is 0 Å². The van der Waals surface area contributed by atoms with Gasteiger partial charge in [-0.2, -0.15) is 4.98 Å². The molecular weight excluding hydrogens is 258 g/mol. The van der Waals surface area contributed by atoms with Crippen LogP contribution in [0.15, 0.2) is 11.0 Å². The fraction of sp³-hybridized carbons (Fsp3) is 0.500. The second-order valence-corrected chi connectivity index (χ2v) is 3.99. The van der Waals surface area contributed by atoms with Crippen LogP contribution in [-0.4, -0.2) is 60.8 Å². The Hall–Kier alpha value is -1.81. The van der Waals surface area contributed by atoms with Gasteiger partial charge in [-0.05, 0) is 6.92 Å².